The summed E-state index contributed by atoms with van der Waals surface area (Å²) in [5, 5.41) is 12.0. The van der Waals surface area contributed by atoms with Crippen LogP contribution in [0.5, 0.6) is 0 Å². The summed E-state index contributed by atoms with van der Waals surface area (Å²) in [5.74, 6) is -0.0162. The topological polar surface area (TPSA) is 92.7 Å². The number of aryl methyl sites for hydroxylation is 1. The van der Waals surface area contributed by atoms with Gasteiger partial charge in [0.15, 0.2) is 0 Å². The van der Waals surface area contributed by atoms with Crippen molar-refractivity contribution in [2.45, 2.75) is 46.7 Å². The number of benzene rings is 1. The second kappa shape index (κ2) is 9.54. The highest BCUT2D eigenvalue weighted by atomic mass is 32.1. The van der Waals surface area contributed by atoms with Crippen LogP contribution in [0.15, 0.2) is 24.3 Å². The van der Waals surface area contributed by atoms with Crippen molar-refractivity contribution in [2.75, 3.05) is 12.3 Å². The third kappa shape index (κ3) is 4.88. The van der Waals surface area contributed by atoms with Crippen LogP contribution in [-0.4, -0.2) is 12.6 Å². The minimum absolute atomic E-state index is 0.221. The van der Waals surface area contributed by atoms with Crippen LogP contribution in [0.3, 0.4) is 0 Å². The summed E-state index contributed by atoms with van der Waals surface area (Å²) in [4.78, 5) is 12.7. The minimum atomic E-state index is -0.410. The maximum absolute atomic E-state index is 12.3. The second-order valence-electron chi connectivity index (χ2n) is 6.79. The number of thiophene rings is 1. The summed E-state index contributed by atoms with van der Waals surface area (Å²) in [6.07, 6.45) is 1.01. The minimum Gasteiger partial charge on any atom is -0.462 e. The first kappa shape index (κ1) is 20.9. The van der Waals surface area contributed by atoms with Crippen molar-refractivity contribution in [3.63, 3.8) is 0 Å². The molecule has 0 saturated heterocycles. The molecule has 6 heteroatoms. The van der Waals surface area contributed by atoms with Crippen LogP contribution in [0.1, 0.15) is 65.7 Å². The van der Waals surface area contributed by atoms with Crippen LogP contribution in [0.25, 0.3) is 0 Å². The Labute approximate surface area is 165 Å². The number of carbonyl (C=O) groups excluding carboxylic acids is 1. The first-order chi connectivity index (χ1) is 12.9. The third-order valence-corrected chi connectivity index (χ3v) is 5.72. The molecular weight excluding hydrogens is 358 g/mol. The van der Waals surface area contributed by atoms with E-state index in [2.05, 4.69) is 56.4 Å². The Balaban J connectivity index is 2.28. The van der Waals surface area contributed by atoms with Crippen LogP contribution in [0.4, 0.5) is 5.00 Å². The molecule has 0 unspecified atom stereocenters. The number of nitriles is 1. The lowest BCUT2D eigenvalue weighted by atomic mass is 9.94. The highest BCUT2D eigenvalue weighted by Gasteiger charge is 2.26. The Bertz CT molecular complexity index is 819. The van der Waals surface area contributed by atoms with Gasteiger partial charge in [-0.15, -0.1) is 11.3 Å². The van der Waals surface area contributed by atoms with E-state index in [0.717, 1.165) is 17.8 Å². The zero-order valence-corrected chi connectivity index (χ0v) is 17.2. The van der Waals surface area contributed by atoms with E-state index in [1.54, 1.807) is 6.92 Å². The second-order valence-corrected chi connectivity index (χ2v) is 7.84. The van der Waals surface area contributed by atoms with Gasteiger partial charge in [-0.05, 0) is 18.9 Å². The Morgan fingerprint density at radius 2 is 1.96 bits per heavy atom. The van der Waals surface area contributed by atoms with Gasteiger partial charge < -0.3 is 15.8 Å². The number of ether oxygens (including phenoxy) is 1. The summed E-state index contributed by atoms with van der Waals surface area (Å²) in [5.41, 5.74) is 9.58. The fourth-order valence-electron chi connectivity index (χ4n) is 3.18. The van der Waals surface area contributed by atoms with Crippen LogP contribution in [0.2, 0.25) is 0 Å². The molecule has 2 aromatic rings. The normalized spacial score (nSPS) is 12.0. The van der Waals surface area contributed by atoms with Gasteiger partial charge in [0.05, 0.1) is 17.7 Å². The quantitative estimate of drug-likeness (QED) is 0.680. The molecule has 0 spiro atoms. The van der Waals surface area contributed by atoms with E-state index in [4.69, 9.17) is 10.5 Å². The number of hydrogen-bond acceptors (Lipinski definition) is 5. The molecule has 5 nitrogen and oxygen atoms in total. The van der Waals surface area contributed by atoms with E-state index in [-0.39, 0.29) is 6.04 Å². The zero-order valence-electron chi connectivity index (χ0n) is 16.4. The summed E-state index contributed by atoms with van der Waals surface area (Å²) >= 11 is 1.14. The molecule has 1 heterocycles. The molecule has 0 amide bonds. The monoisotopic (exact) mass is 386 g/mol. The van der Waals surface area contributed by atoms with Crippen molar-refractivity contribution in [3.8, 4) is 6.07 Å². The molecule has 0 bridgehead atoms. The SMILES string of the molecule is CCOC(=O)c1sc(N)c(C#N)c1C[NH2+][C@H](c1ccc(CC)cc1)C(C)C. The maximum Gasteiger partial charge on any atom is 0.348 e. The Morgan fingerprint density at radius 3 is 2.48 bits per heavy atom. The maximum atomic E-state index is 12.3. The highest BCUT2D eigenvalue weighted by molar-refractivity contribution is 7.18. The molecule has 144 valence electrons. The van der Waals surface area contributed by atoms with Crippen molar-refractivity contribution >= 4 is 22.3 Å². The Kier molecular flexibility index (Phi) is 7.40. The molecule has 0 aliphatic carbocycles. The van der Waals surface area contributed by atoms with Gasteiger partial charge in [-0.3, -0.25) is 0 Å². The van der Waals surface area contributed by atoms with Crippen molar-refractivity contribution < 1.29 is 14.8 Å². The van der Waals surface area contributed by atoms with E-state index >= 15 is 0 Å². The number of nitrogen functional groups attached to an aromatic ring is 1. The first-order valence-electron chi connectivity index (χ1n) is 9.33. The van der Waals surface area contributed by atoms with Crippen LogP contribution in [0, 0.1) is 17.2 Å². The smallest absolute Gasteiger partial charge is 0.348 e. The summed E-state index contributed by atoms with van der Waals surface area (Å²) < 4.78 is 5.14. The molecular formula is C21H28N3O2S+. The van der Waals surface area contributed by atoms with Gasteiger partial charge in [-0.1, -0.05) is 45.0 Å². The van der Waals surface area contributed by atoms with E-state index < -0.39 is 5.97 Å². The van der Waals surface area contributed by atoms with E-state index in [1.807, 2.05) is 0 Å². The van der Waals surface area contributed by atoms with Gasteiger partial charge in [0.1, 0.15) is 28.5 Å². The van der Waals surface area contributed by atoms with Crippen molar-refractivity contribution in [1.82, 2.24) is 0 Å². The molecule has 1 aromatic heterocycles. The average Bonchev–Trinajstić information content (AvgIpc) is 2.98. The van der Waals surface area contributed by atoms with Gasteiger partial charge in [0.25, 0.3) is 0 Å². The molecule has 1 atom stereocenters. The first-order valence-corrected chi connectivity index (χ1v) is 10.1. The van der Waals surface area contributed by atoms with Gasteiger partial charge in [0, 0.05) is 11.5 Å². The largest absolute Gasteiger partial charge is 0.462 e. The number of carbonyl (C=O) groups is 1. The number of quaternary nitrogens is 1. The predicted molar refractivity (Wildman–Crippen MR) is 108 cm³/mol. The van der Waals surface area contributed by atoms with Crippen molar-refractivity contribution in [2.24, 2.45) is 5.92 Å². The van der Waals surface area contributed by atoms with Gasteiger partial charge >= 0.3 is 5.97 Å². The summed E-state index contributed by atoms with van der Waals surface area (Å²) in [6, 6.07) is 11.0. The average molecular weight is 387 g/mol. The molecule has 0 radical (unpaired) electrons. The van der Waals surface area contributed by atoms with Gasteiger partial charge in [-0.25, -0.2) is 4.79 Å². The predicted octanol–water partition coefficient (Wildman–Crippen LogP) is 3.40. The standard InChI is InChI=1S/C21H27N3O2S/c1-5-14-7-9-15(10-8-14)18(13(3)4)24-12-17-16(11-22)20(23)27-19(17)21(25)26-6-2/h7-10,13,18,24H,5-6,12,23H2,1-4H3/p+1/t18-/m0/s1. The van der Waals surface area contributed by atoms with Crippen molar-refractivity contribution in [3.05, 3.63) is 51.4 Å². The van der Waals surface area contributed by atoms with Gasteiger partial charge in [0.2, 0.25) is 0 Å². The number of esters is 1. The van der Waals surface area contributed by atoms with Crippen LogP contribution in [-0.2, 0) is 17.7 Å². The van der Waals surface area contributed by atoms with E-state index in [9.17, 15) is 10.1 Å². The fourth-order valence-corrected chi connectivity index (χ4v) is 4.12. The number of rotatable bonds is 8. The summed E-state index contributed by atoms with van der Waals surface area (Å²) in [7, 11) is 0. The van der Waals surface area contributed by atoms with Crippen molar-refractivity contribution in [1.29, 1.82) is 5.26 Å². The lowest BCUT2D eigenvalue weighted by Crippen LogP contribution is -2.84. The number of nitrogens with zero attached hydrogens (tertiary/aromatic N) is 1. The highest BCUT2D eigenvalue weighted by Crippen LogP contribution is 2.31. The summed E-state index contributed by atoms with van der Waals surface area (Å²) in [6.45, 7) is 9.05. The molecule has 1 aromatic carbocycles. The van der Waals surface area contributed by atoms with Gasteiger partial charge in [-0.2, -0.15) is 5.26 Å². The number of nitrogens with two attached hydrogens (primary N) is 2. The third-order valence-electron chi connectivity index (χ3n) is 4.67. The molecule has 0 aliphatic heterocycles. The Hall–Kier alpha value is -2.36. The lowest BCUT2D eigenvalue weighted by molar-refractivity contribution is -0.717. The zero-order chi connectivity index (χ0) is 20.0. The number of anilines is 1. The molecule has 0 saturated carbocycles. The molecule has 0 fully saturated rings. The molecule has 4 N–H and O–H groups in total. The van der Waals surface area contributed by atoms with E-state index in [1.165, 1.54) is 11.1 Å². The molecule has 0 aliphatic rings. The Morgan fingerprint density at radius 1 is 1.30 bits per heavy atom. The van der Waals surface area contributed by atoms with Crippen LogP contribution >= 0.6 is 11.3 Å². The number of hydrogen-bond donors (Lipinski definition) is 2. The molecule has 2 rings (SSSR count). The fraction of sp³-hybridized carbons (Fsp3) is 0.429. The van der Waals surface area contributed by atoms with Crippen LogP contribution < -0.4 is 11.1 Å². The lowest BCUT2D eigenvalue weighted by Gasteiger charge is -2.20. The van der Waals surface area contributed by atoms with E-state index in [0.29, 0.717) is 40.1 Å². The molecule has 27 heavy (non-hydrogen) atoms.